The number of benzene rings is 1. The van der Waals surface area contributed by atoms with Crippen LogP contribution in [0.3, 0.4) is 0 Å². The molecule has 0 radical (unpaired) electrons. The molecule has 1 heterocycles. The number of Topliss-reactive ketones (excluding diaryl/α,β-unsaturated/α-hetero) is 1. The van der Waals surface area contributed by atoms with Gasteiger partial charge in [-0.25, -0.2) is 0 Å². The van der Waals surface area contributed by atoms with Crippen LogP contribution in [0.15, 0.2) is 36.7 Å². The van der Waals surface area contributed by atoms with E-state index in [0.29, 0.717) is 0 Å². The Morgan fingerprint density at radius 3 is 2.85 bits per heavy atom. The van der Waals surface area contributed by atoms with Crippen LogP contribution in [0.2, 0.25) is 0 Å². The summed E-state index contributed by atoms with van der Waals surface area (Å²) in [5.74, 6) is 0.0887. The summed E-state index contributed by atoms with van der Waals surface area (Å²) in [7, 11) is 0. The first kappa shape index (κ1) is 7.92. The van der Waals surface area contributed by atoms with Crippen molar-refractivity contribution in [3.63, 3.8) is 0 Å². The zero-order valence-electron chi connectivity index (χ0n) is 7.32. The van der Waals surface area contributed by atoms with E-state index in [4.69, 9.17) is 0 Å². The fourth-order valence-corrected chi connectivity index (χ4v) is 1.30. The number of hydrogen-bond donors (Lipinski definition) is 0. The Labute approximate surface area is 76.2 Å². The molecule has 0 saturated carbocycles. The van der Waals surface area contributed by atoms with Gasteiger partial charge in [0.15, 0.2) is 5.78 Å². The Morgan fingerprint density at radius 1 is 1.23 bits per heavy atom. The first-order valence-electron chi connectivity index (χ1n) is 4.12. The minimum Gasteiger partial charge on any atom is -0.295 e. The molecule has 2 nitrogen and oxygen atoms in total. The molecule has 0 amide bonds. The van der Waals surface area contributed by atoms with Gasteiger partial charge in [0, 0.05) is 23.3 Å². The molecular weight excluding hydrogens is 162 g/mol. The molecule has 0 fully saturated rings. The van der Waals surface area contributed by atoms with Crippen molar-refractivity contribution in [2.24, 2.45) is 0 Å². The third kappa shape index (κ3) is 1.43. The summed E-state index contributed by atoms with van der Waals surface area (Å²) in [6, 6.07) is 7.57. The highest BCUT2D eigenvalue weighted by atomic mass is 16.1. The molecule has 64 valence electrons. The van der Waals surface area contributed by atoms with Gasteiger partial charge in [-0.05, 0) is 24.4 Å². The van der Waals surface area contributed by atoms with Gasteiger partial charge in [0.2, 0.25) is 0 Å². The lowest BCUT2D eigenvalue weighted by atomic mass is 10.1. The zero-order chi connectivity index (χ0) is 9.26. The van der Waals surface area contributed by atoms with Crippen molar-refractivity contribution in [2.45, 2.75) is 6.92 Å². The quantitative estimate of drug-likeness (QED) is 0.617. The Kier molecular flexibility index (Phi) is 1.81. The number of carbonyl (C=O) groups excluding carboxylic acids is 1. The van der Waals surface area contributed by atoms with Crippen molar-refractivity contribution in [3.05, 3.63) is 42.2 Å². The second kappa shape index (κ2) is 2.98. The lowest BCUT2D eigenvalue weighted by Crippen LogP contribution is -1.90. The summed E-state index contributed by atoms with van der Waals surface area (Å²) in [5, 5.41) is 2.12. The predicted molar refractivity (Wildman–Crippen MR) is 51.7 cm³/mol. The molecule has 1 aromatic heterocycles. The number of pyridine rings is 1. The molecule has 1 aromatic carbocycles. The first-order valence-corrected chi connectivity index (χ1v) is 4.12. The van der Waals surface area contributed by atoms with Crippen molar-refractivity contribution in [2.75, 3.05) is 0 Å². The van der Waals surface area contributed by atoms with E-state index in [9.17, 15) is 4.79 Å². The maximum absolute atomic E-state index is 11.1. The second-order valence-corrected chi connectivity index (χ2v) is 2.99. The summed E-state index contributed by atoms with van der Waals surface area (Å²) in [5.41, 5.74) is 0.737. The smallest absolute Gasteiger partial charge is 0.159 e. The number of rotatable bonds is 1. The molecule has 0 spiro atoms. The van der Waals surface area contributed by atoms with Crippen LogP contribution in [0, 0.1) is 0 Å². The van der Waals surface area contributed by atoms with Gasteiger partial charge < -0.3 is 0 Å². The molecule has 0 atom stereocenters. The average Bonchev–Trinajstić information content (AvgIpc) is 2.17. The first-order chi connectivity index (χ1) is 6.27. The average molecular weight is 171 g/mol. The summed E-state index contributed by atoms with van der Waals surface area (Å²) >= 11 is 0. The molecule has 0 aliphatic carbocycles. The van der Waals surface area contributed by atoms with Crippen LogP contribution in [-0.4, -0.2) is 10.8 Å². The van der Waals surface area contributed by atoms with Gasteiger partial charge in [0.05, 0.1) is 0 Å². The molecule has 0 unspecified atom stereocenters. The van der Waals surface area contributed by atoms with Crippen LogP contribution in [-0.2, 0) is 0 Å². The van der Waals surface area contributed by atoms with Crippen LogP contribution >= 0.6 is 0 Å². The summed E-state index contributed by atoms with van der Waals surface area (Å²) in [6.07, 6.45) is 3.51. The Bertz CT molecular complexity index is 462. The van der Waals surface area contributed by atoms with E-state index in [1.54, 1.807) is 19.3 Å². The molecule has 2 heteroatoms. The number of fused-ring (bicyclic) bond motifs is 1. The van der Waals surface area contributed by atoms with Gasteiger partial charge in [-0.3, -0.25) is 9.78 Å². The SMILES string of the molecule is CC(=O)c1ccc2ccncc2c1. The lowest BCUT2D eigenvalue weighted by Gasteiger charge is -1.98. The Morgan fingerprint density at radius 2 is 2.08 bits per heavy atom. The number of ketones is 1. The van der Waals surface area contributed by atoms with E-state index in [0.717, 1.165) is 16.3 Å². The highest BCUT2D eigenvalue weighted by Crippen LogP contribution is 2.14. The summed E-state index contributed by atoms with van der Waals surface area (Å²) < 4.78 is 0. The van der Waals surface area contributed by atoms with Gasteiger partial charge in [-0.1, -0.05) is 12.1 Å². The van der Waals surface area contributed by atoms with E-state index >= 15 is 0 Å². The minimum absolute atomic E-state index is 0.0887. The zero-order valence-corrected chi connectivity index (χ0v) is 7.32. The van der Waals surface area contributed by atoms with Crippen molar-refractivity contribution in [1.29, 1.82) is 0 Å². The largest absolute Gasteiger partial charge is 0.295 e. The molecule has 0 N–H and O–H groups in total. The second-order valence-electron chi connectivity index (χ2n) is 2.99. The maximum Gasteiger partial charge on any atom is 0.159 e. The molecular formula is C11H9NO. The minimum atomic E-state index is 0.0887. The summed E-state index contributed by atoms with van der Waals surface area (Å²) in [6.45, 7) is 1.57. The fraction of sp³-hybridized carbons (Fsp3) is 0.0909. The van der Waals surface area contributed by atoms with Crippen LogP contribution in [0.5, 0.6) is 0 Å². The van der Waals surface area contributed by atoms with Gasteiger partial charge in [-0.15, -0.1) is 0 Å². The van der Waals surface area contributed by atoms with Crippen molar-refractivity contribution in [1.82, 2.24) is 4.98 Å². The molecule has 0 aliphatic rings. The van der Waals surface area contributed by atoms with E-state index < -0.39 is 0 Å². The number of aromatic nitrogens is 1. The van der Waals surface area contributed by atoms with Crippen molar-refractivity contribution < 1.29 is 4.79 Å². The molecule has 2 rings (SSSR count). The molecule has 2 aromatic rings. The van der Waals surface area contributed by atoms with E-state index in [-0.39, 0.29) is 5.78 Å². The predicted octanol–water partition coefficient (Wildman–Crippen LogP) is 2.44. The van der Waals surface area contributed by atoms with E-state index in [2.05, 4.69) is 4.98 Å². The molecule has 0 bridgehead atoms. The van der Waals surface area contributed by atoms with Crippen LogP contribution in [0.4, 0.5) is 0 Å². The molecule has 13 heavy (non-hydrogen) atoms. The van der Waals surface area contributed by atoms with E-state index in [1.807, 2.05) is 24.3 Å². The maximum atomic E-state index is 11.1. The van der Waals surface area contributed by atoms with Crippen LogP contribution < -0.4 is 0 Å². The Balaban J connectivity index is 2.69. The van der Waals surface area contributed by atoms with Gasteiger partial charge >= 0.3 is 0 Å². The lowest BCUT2D eigenvalue weighted by molar-refractivity contribution is 0.101. The monoisotopic (exact) mass is 171 g/mol. The third-order valence-electron chi connectivity index (χ3n) is 2.05. The van der Waals surface area contributed by atoms with E-state index in [1.165, 1.54) is 0 Å². The summed E-state index contributed by atoms with van der Waals surface area (Å²) in [4.78, 5) is 15.1. The van der Waals surface area contributed by atoms with Crippen molar-refractivity contribution in [3.8, 4) is 0 Å². The van der Waals surface area contributed by atoms with Crippen LogP contribution in [0.1, 0.15) is 17.3 Å². The third-order valence-corrected chi connectivity index (χ3v) is 2.05. The standard InChI is InChI=1S/C11H9NO/c1-8(13)10-3-2-9-4-5-12-7-11(9)6-10/h2-7H,1H3. The van der Waals surface area contributed by atoms with Crippen LogP contribution in [0.25, 0.3) is 10.8 Å². The highest BCUT2D eigenvalue weighted by Gasteiger charge is 1.99. The van der Waals surface area contributed by atoms with Gasteiger partial charge in [-0.2, -0.15) is 0 Å². The molecule has 0 aliphatic heterocycles. The van der Waals surface area contributed by atoms with Gasteiger partial charge in [0.1, 0.15) is 0 Å². The fourth-order valence-electron chi connectivity index (χ4n) is 1.30. The van der Waals surface area contributed by atoms with Gasteiger partial charge in [0.25, 0.3) is 0 Å². The highest BCUT2D eigenvalue weighted by molar-refractivity contribution is 5.98. The number of nitrogens with zero attached hydrogens (tertiary/aromatic N) is 1. The molecule has 0 saturated heterocycles. The number of carbonyl (C=O) groups is 1. The normalized spacial score (nSPS) is 10.2. The number of hydrogen-bond acceptors (Lipinski definition) is 2. The Hall–Kier alpha value is -1.70. The topological polar surface area (TPSA) is 30.0 Å². The van der Waals surface area contributed by atoms with Crippen molar-refractivity contribution >= 4 is 16.6 Å².